The summed E-state index contributed by atoms with van der Waals surface area (Å²) in [7, 11) is 0. The minimum Gasteiger partial charge on any atom is -0.367 e. The van der Waals surface area contributed by atoms with E-state index in [1.165, 1.54) is 0 Å². The lowest BCUT2D eigenvalue weighted by Crippen LogP contribution is -2.47. The van der Waals surface area contributed by atoms with Crippen LogP contribution in [0.25, 0.3) is 16.2 Å². The van der Waals surface area contributed by atoms with Crippen molar-refractivity contribution in [3.05, 3.63) is 29.5 Å². The Morgan fingerprint density at radius 3 is 2.57 bits per heavy atom. The molecule has 186 valence electrons. The highest BCUT2D eigenvalue weighted by atomic mass is 32.1. The number of piperidine rings is 1. The number of hydrogen-bond acceptors (Lipinski definition) is 7. The van der Waals surface area contributed by atoms with Gasteiger partial charge >= 0.3 is 0 Å². The van der Waals surface area contributed by atoms with Crippen molar-refractivity contribution >= 4 is 33.8 Å². The zero-order valence-corrected chi connectivity index (χ0v) is 21.6. The van der Waals surface area contributed by atoms with E-state index in [2.05, 4.69) is 43.4 Å². The Bertz CT molecular complexity index is 1230. The fourth-order valence-electron chi connectivity index (χ4n) is 4.12. The smallest absolute Gasteiger partial charge is 0.272 e. The molecule has 1 aliphatic carbocycles. The van der Waals surface area contributed by atoms with Crippen LogP contribution in [0.4, 0.5) is 5.82 Å². The number of fused-ring (bicyclic) bond motifs is 1. The van der Waals surface area contributed by atoms with Crippen LogP contribution in [0.2, 0.25) is 0 Å². The van der Waals surface area contributed by atoms with Gasteiger partial charge in [0, 0.05) is 48.7 Å². The molecule has 10 heteroatoms. The highest BCUT2D eigenvalue weighted by molar-refractivity contribution is 7.16. The number of nitrogens with one attached hydrogen (secondary N) is 2. The molecule has 1 aliphatic heterocycles. The van der Waals surface area contributed by atoms with Gasteiger partial charge in [-0.3, -0.25) is 9.59 Å². The molecule has 0 bridgehead atoms. The molecule has 2 fully saturated rings. The molecule has 4 heterocycles. The van der Waals surface area contributed by atoms with Crippen molar-refractivity contribution in [2.24, 2.45) is 11.3 Å². The van der Waals surface area contributed by atoms with Crippen LogP contribution < -0.4 is 10.6 Å². The average molecular weight is 496 g/mol. The standard InChI is InChI=1S/C25H33N7O2S/c1-15(25(2,3)4)27-20-13-19(29-21(30-20)18-14-26-32-11-12-35-24(18)32)23(34)31-9-7-17(8-10-31)28-22(33)16-5-6-16/h11-17H,5-10H2,1-4H3,(H,28,33)(H,27,29,30). The third-order valence-corrected chi connectivity index (χ3v) is 7.95. The Balaban J connectivity index is 1.38. The van der Waals surface area contributed by atoms with Crippen molar-refractivity contribution in [2.75, 3.05) is 18.4 Å². The number of aromatic nitrogens is 4. The minimum atomic E-state index is -0.110. The van der Waals surface area contributed by atoms with Gasteiger partial charge in [-0.1, -0.05) is 20.8 Å². The Morgan fingerprint density at radius 1 is 1.14 bits per heavy atom. The maximum atomic E-state index is 13.5. The fraction of sp³-hybridized carbons (Fsp3) is 0.560. The summed E-state index contributed by atoms with van der Waals surface area (Å²) < 4.78 is 1.80. The third-order valence-electron chi connectivity index (χ3n) is 7.06. The Morgan fingerprint density at radius 2 is 1.89 bits per heavy atom. The van der Waals surface area contributed by atoms with Crippen LogP contribution in [0.15, 0.2) is 23.8 Å². The van der Waals surface area contributed by atoms with Gasteiger partial charge in [0.2, 0.25) is 5.91 Å². The van der Waals surface area contributed by atoms with Gasteiger partial charge < -0.3 is 15.5 Å². The zero-order chi connectivity index (χ0) is 24.7. The summed E-state index contributed by atoms with van der Waals surface area (Å²) in [6.07, 6.45) is 7.16. The molecule has 2 aliphatic rings. The fourth-order valence-corrected chi connectivity index (χ4v) is 4.92. The van der Waals surface area contributed by atoms with E-state index in [0.29, 0.717) is 30.4 Å². The zero-order valence-electron chi connectivity index (χ0n) is 20.7. The van der Waals surface area contributed by atoms with Gasteiger partial charge in [-0.05, 0) is 38.0 Å². The Hall–Kier alpha value is -3.01. The molecular formula is C25H33N7O2S. The maximum Gasteiger partial charge on any atom is 0.272 e. The maximum absolute atomic E-state index is 13.5. The number of likely N-dealkylation sites (tertiary alicyclic amines) is 1. The molecule has 1 atom stereocenters. The molecule has 1 saturated carbocycles. The summed E-state index contributed by atoms with van der Waals surface area (Å²) in [5.74, 6) is 1.38. The van der Waals surface area contributed by atoms with Gasteiger partial charge in [0.25, 0.3) is 5.91 Å². The van der Waals surface area contributed by atoms with Crippen LogP contribution in [0.1, 0.15) is 63.9 Å². The van der Waals surface area contributed by atoms with Crippen molar-refractivity contribution in [3.8, 4) is 11.4 Å². The van der Waals surface area contributed by atoms with Crippen molar-refractivity contribution < 1.29 is 9.59 Å². The van der Waals surface area contributed by atoms with E-state index in [-0.39, 0.29) is 35.2 Å². The monoisotopic (exact) mass is 495 g/mol. The number of amides is 2. The number of hydrogen-bond donors (Lipinski definition) is 2. The first-order chi connectivity index (χ1) is 16.7. The number of carbonyl (C=O) groups is 2. The largest absolute Gasteiger partial charge is 0.367 e. The number of anilines is 1. The number of rotatable bonds is 6. The first-order valence-electron chi connectivity index (χ1n) is 12.4. The molecule has 9 nitrogen and oxygen atoms in total. The summed E-state index contributed by atoms with van der Waals surface area (Å²) in [5.41, 5.74) is 1.19. The highest BCUT2D eigenvalue weighted by Gasteiger charge is 2.33. The minimum absolute atomic E-state index is 0.0147. The van der Waals surface area contributed by atoms with E-state index in [9.17, 15) is 9.59 Å². The van der Waals surface area contributed by atoms with Crippen molar-refractivity contribution in [3.63, 3.8) is 0 Å². The molecule has 1 saturated heterocycles. The molecule has 0 spiro atoms. The van der Waals surface area contributed by atoms with Crippen LogP contribution in [0, 0.1) is 11.3 Å². The van der Waals surface area contributed by atoms with Crippen LogP contribution in [0.5, 0.6) is 0 Å². The van der Waals surface area contributed by atoms with Gasteiger partial charge in [0.15, 0.2) is 5.82 Å². The molecule has 35 heavy (non-hydrogen) atoms. The van der Waals surface area contributed by atoms with E-state index in [1.807, 2.05) is 16.5 Å². The molecule has 2 amide bonds. The first-order valence-corrected chi connectivity index (χ1v) is 13.2. The van der Waals surface area contributed by atoms with Crippen LogP contribution in [-0.4, -0.2) is 61.5 Å². The highest BCUT2D eigenvalue weighted by Crippen LogP contribution is 2.30. The number of carbonyl (C=O) groups excluding carboxylic acids is 2. The van der Waals surface area contributed by atoms with E-state index >= 15 is 0 Å². The van der Waals surface area contributed by atoms with Crippen molar-refractivity contribution in [1.82, 2.24) is 29.8 Å². The average Bonchev–Trinajstić information content (AvgIpc) is 3.44. The second-order valence-corrected chi connectivity index (χ2v) is 11.6. The van der Waals surface area contributed by atoms with Crippen LogP contribution in [-0.2, 0) is 4.79 Å². The van der Waals surface area contributed by atoms with E-state index in [0.717, 1.165) is 36.1 Å². The van der Waals surface area contributed by atoms with Gasteiger partial charge in [-0.2, -0.15) is 5.10 Å². The Labute approximate surface area is 209 Å². The summed E-state index contributed by atoms with van der Waals surface area (Å²) in [5, 5.41) is 13.0. The molecule has 5 rings (SSSR count). The lowest BCUT2D eigenvalue weighted by molar-refractivity contribution is -0.123. The predicted octanol–water partition coefficient (Wildman–Crippen LogP) is 3.83. The second kappa shape index (κ2) is 9.22. The lowest BCUT2D eigenvalue weighted by Gasteiger charge is -2.32. The summed E-state index contributed by atoms with van der Waals surface area (Å²) in [6, 6.07) is 2.02. The first kappa shape index (κ1) is 23.7. The summed E-state index contributed by atoms with van der Waals surface area (Å²) >= 11 is 1.56. The quantitative estimate of drug-likeness (QED) is 0.539. The predicted molar refractivity (Wildman–Crippen MR) is 136 cm³/mol. The van der Waals surface area contributed by atoms with Crippen molar-refractivity contribution in [2.45, 2.75) is 65.5 Å². The molecule has 1 unspecified atom stereocenters. The van der Waals surface area contributed by atoms with Gasteiger partial charge in [-0.15, -0.1) is 11.3 Å². The topological polar surface area (TPSA) is 105 Å². The SMILES string of the molecule is CC(Nc1cc(C(=O)N2CCC(NC(=O)C3CC3)CC2)nc(-c2cnn3ccsc23)n1)C(C)(C)C. The van der Waals surface area contributed by atoms with Gasteiger partial charge in [0.05, 0.1) is 11.8 Å². The molecule has 2 N–H and O–H groups in total. The van der Waals surface area contributed by atoms with Crippen LogP contribution in [0.3, 0.4) is 0 Å². The molecule has 0 aromatic carbocycles. The number of nitrogens with zero attached hydrogens (tertiary/aromatic N) is 5. The number of thiazole rings is 1. The summed E-state index contributed by atoms with van der Waals surface area (Å²) in [4.78, 5) is 37.9. The molecule has 3 aromatic rings. The lowest BCUT2D eigenvalue weighted by atomic mass is 9.88. The Kier molecular flexibility index (Phi) is 6.25. The van der Waals surface area contributed by atoms with Gasteiger partial charge in [-0.25, -0.2) is 14.5 Å². The molecule has 3 aromatic heterocycles. The van der Waals surface area contributed by atoms with Crippen molar-refractivity contribution in [1.29, 1.82) is 0 Å². The van der Waals surface area contributed by atoms with Crippen LogP contribution >= 0.6 is 11.3 Å². The van der Waals surface area contributed by atoms with E-state index < -0.39 is 0 Å². The second-order valence-electron chi connectivity index (χ2n) is 10.8. The summed E-state index contributed by atoms with van der Waals surface area (Å²) in [6.45, 7) is 9.80. The van der Waals surface area contributed by atoms with E-state index in [1.54, 1.807) is 28.1 Å². The van der Waals surface area contributed by atoms with Gasteiger partial charge in [0.1, 0.15) is 16.3 Å². The van der Waals surface area contributed by atoms with E-state index in [4.69, 9.17) is 9.97 Å². The molecule has 0 radical (unpaired) electrons. The normalized spacial score (nSPS) is 18.0. The third kappa shape index (κ3) is 5.17. The molecular weight excluding hydrogens is 462 g/mol.